The van der Waals surface area contributed by atoms with Crippen LogP contribution in [0.3, 0.4) is 0 Å². The number of benzene rings is 2. The molecule has 3 rings (SSSR count). The fourth-order valence-electron chi connectivity index (χ4n) is 1.87. The number of rotatable bonds is 2. The lowest BCUT2D eigenvalue weighted by molar-refractivity contribution is -0.118. The molecule has 5 heteroatoms. The first-order valence-corrected chi connectivity index (χ1v) is 6.06. The molecule has 1 amide bonds. The van der Waals surface area contributed by atoms with Crippen LogP contribution in [0.1, 0.15) is 10.4 Å². The lowest BCUT2D eigenvalue weighted by atomic mass is 10.2. The highest BCUT2D eigenvalue weighted by atomic mass is 16.5. The van der Waals surface area contributed by atoms with Gasteiger partial charge in [-0.25, -0.2) is 4.79 Å². The van der Waals surface area contributed by atoms with Crippen molar-refractivity contribution < 1.29 is 19.1 Å². The maximum atomic E-state index is 11.9. The van der Waals surface area contributed by atoms with Gasteiger partial charge in [0.15, 0.2) is 6.61 Å². The summed E-state index contributed by atoms with van der Waals surface area (Å²) in [6.45, 7) is -0.00382. The second-order valence-corrected chi connectivity index (χ2v) is 4.25. The number of anilines is 1. The summed E-state index contributed by atoms with van der Waals surface area (Å²) in [6, 6.07) is 13.5. The Bertz CT molecular complexity index is 667. The topological polar surface area (TPSA) is 64.6 Å². The van der Waals surface area contributed by atoms with Gasteiger partial charge >= 0.3 is 5.97 Å². The van der Waals surface area contributed by atoms with Crippen molar-refractivity contribution in [1.29, 1.82) is 0 Å². The standard InChI is InChI=1S/C15H11NO4/c17-14-9-19-13-7-6-11(8-12(13)16-14)20-15(18)10-4-2-1-3-5-10/h1-8H,9H2,(H,16,17). The van der Waals surface area contributed by atoms with Crippen LogP contribution in [0.15, 0.2) is 48.5 Å². The smallest absolute Gasteiger partial charge is 0.343 e. The molecule has 0 unspecified atom stereocenters. The van der Waals surface area contributed by atoms with Crippen molar-refractivity contribution >= 4 is 17.6 Å². The summed E-state index contributed by atoms with van der Waals surface area (Å²) in [5.74, 6) is 0.227. The molecule has 0 aliphatic carbocycles. The van der Waals surface area contributed by atoms with Gasteiger partial charge < -0.3 is 14.8 Å². The molecule has 0 fully saturated rings. The van der Waals surface area contributed by atoms with Crippen LogP contribution in [-0.2, 0) is 4.79 Å². The molecule has 20 heavy (non-hydrogen) atoms. The van der Waals surface area contributed by atoms with Crippen LogP contribution in [0, 0.1) is 0 Å². The lowest BCUT2D eigenvalue weighted by Crippen LogP contribution is -2.25. The summed E-state index contributed by atoms with van der Waals surface area (Å²) < 4.78 is 10.5. The Labute approximate surface area is 115 Å². The van der Waals surface area contributed by atoms with E-state index in [0.29, 0.717) is 22.7 Å². The van der Waals surface area contributed by atoms with E-state index in [0.717, 1.165) is 0 Å². The number of hydrogen-bond acceptors (Lipinski definition) is 4. The largest absolute Gasteiger partial charge is 0.482 e. The third kappa shape index (κ3) is 2.47. The zero-order valence-electron chi connectivity index (χ0n) is 10.5. The molecule has 0 radical (unpaired) electrons. The third-order valence-corrected chi connectivity index (χ3v) is 2.80. The molecule has 2 aromatic carbocycles. The number of ether oxygens (including phenoxy) is 2. The van der Waals surface area contributed by atoms with Crippen LogP contribution in [-0.4, -0.2) is 18.5 Å². The van der Waals surface area contributed by atoms with E-state index in [1.165, 1.54) is 0 Å². The Morgan fingerprint density at radius 1 is 1.15 bits per heavy atom. The SMILES string of the molecule is O=C1COc2ccc(OC(=O)c3ccccc3)cc2N1. The molecule has 2 aromatic rings. The number of hydrogen-bond donors (Lipinski definition) is 1. The van der Waals surface area contributed by atoms with E-state index in [1.54, 1.807) is 42.5 Å². The highest BCUT2D eigenvalue weighted by molar-refractivity contribution is 5.96. The van der Waals surface area contributed by atoms with Crippen LogP contribution in [0.25, 0.3) is 0 Å². The Hall–Kier alpha value is -2.82. The quantitative estimate of drug-likeness (QED) is 0.670. The maximum absolute atomic E-state index is 11.9. The highest BCUT2D eigenvalue weighted by Gasteiger charge is 2.17. The molecule has 1 aliphatic rings. The molecular weight excluding hydrogens is 258 g/mol. The maximum Gasteiger partial charge on any atom is 0.343 e. The van der Waals surface area contributed by atoms with E-state index < -0.39 is 5.97 Å². The molecule has 0 bridgehead atoms. The molecule has 1 aliphatic heterocycles. The Morgan fingerprint density at radius 2 is 1.95 bits per heavy atom. The van der Waals surface area contributed by atoms with Gasteiger partial charge in [0.05, 0.1) is 11.3 Å². The summed E-state index contributed by atoms with van der Waals surface area (Å²) in [4.78, 5) is 23.1. The second-order valence-electron chi connectivity index (χ2n) is 4.25. The monoisotopic (exact) mass is 269 g/mol. The first-order valence-electron chi connectivity index (χ1n) is 6.06. The van der Waals surface area contributed by atoms with Gasteiger partial charge in [-0.05, 0) is 24.3 Å². The van der Waals surface area contributed by atoms with Crippen molar-refractivity contribution in [2.75, 3.05) is 11.9 Å². The summed E-state index contributed by atoms with van der Waals surface area (Å²) in [7, 11) is 0. The molecule has 0 saturated carbocycles. The zero-order chi connectivity index (χ0) is 13.9. The summed E-state index contributed by atoms with van der Waals surface area (Å²) in [6.07, 6.45) is 0. The van der Waals surface area contributed by atoms with Crippen molar-refractivity contribution in [2.24, 2.45) is 0 Å². The minimum atomic E-state index is -0.450. The van der Waals surface area contributed by atoms with Gasteiger partial charge in [0.2, 0.25) is 0 Å². The fourth-order valence-corrected chi connectivity index (χ4v) is 1.87. The second kappa shape index (κ2) is 5.05. The highest BCUT2D eigenvalue weighted by Crippen LogP contribution is 2.31. The van der Waals surface area contributed by atoms with Crippen LogP contribution in [0.5, 0.6) is 11.5 Å². The molecule has 5 nitrogen and oxygen atoms in total. The number of nitrogens with one attached hydrogen (secondary N) is 1. The van der Waals surface area contributed by atoms with Crippen LogP contribution < -0.4 is 14.8 Å². The van der Waals surface area contributed by atoms with Crippen LogP contribution in [0.2, 0.25) is 0 Å². The van der Waals surface area contributed by atoms with Gasteiger partial charge in [-0.2, -0.15) is 0 Å². The van der Waals surface area contributed by atoms with Gasteiger partial charge in [-0.15, -0.1) is 0 Å². The molecule has 0 saturated heterocycles. The third-order valence-electron chi connectivity index (χ3n) is 2.80. The number of esters is 1. The average Bonchev–Trinajstić information content (AvgIpc) is 2.47. The van der Waals surface area contributed by atoms with E-state index in [1.807, 2.05) is 6.07 Å². The lowest BCUT2D eigenvalue weighted by Gasteiger charge is -2.18. The van der Waals surface area contributed by atoms with E-state index in [-0.39, 0.29) is 12.5 Å². The predicted octanol–water partition coefficient (Wildman–Crippen LogP) is 2.24. The molecule has 0 aromatic heterocycles. The van der Waals surface area contributed by atoms with Gasteiger partial charge in [0.1, 0.15) is 11.5 Å². The first kappa shape index (κ1) is 12.2. The Balaban J connectivity index is 1.80. The molecule has 0 atom stereocenters. The first-order chi connectivity index (χ1) is 9.72. The molecule has 0 spiro atoms. The minimum Gasteiger partial charge on any atom is -0.482 e. The normalized spacial score (nSPS) is 12.9. The van der Waals surface area contributed by atoms with E-state index in [9.17, 15) is 9.59 Å². The van der Waals surface area contributed by atoms with Gasteiger partial charge in [0.25, 0.3) is 5.91 Å². The van der Waals surface area contributed by atoms with Crippen LogP contribution in [0.4, 0.5) is 5.69 Å². The Kier molecular flexibility index (Phi) is 3.09. The fraction of sp³-hybridized carbons (Fsp3) is 0.0667. The van der Waals surface area contributed by atoms with Crippen molar-refractivity contribution in [2.45, 2.75) is 0 Å². The van der Waals surface area contributed by atoms with E-state index in [4.69, 9.17) is 9.47 Å². The zero-order valence-corrected chi connectivity index (χ0v) is 10.5. The molecule has 100 valence electrons. The molecule has 1 N–H and O–H groups in total. The number of carbonyl (C=O) groups excluding carboxylic acids is 2. The van der Waals surface area contributed by atoms with Crippen molar-refractivity contribution in [3.05, 3.63) is 54.1 Å². The summed E-state index contributed by atoms with van der Waals surface area (Å²) in [5, 5.41) is 2.66. The number of fused-ring (bicyclic) bond motifs is 1. The molecular formula is C15H11NO4. The van der Waals surface area contributed by atoms with Crippen LogP contribution >= 0.6 is 0 Å². The number of amides is 1. The molecule has 1 heterocycles. The minimum absolute atomic E-state index is 0.00382. The number of carbonyl (C=O) groups is 2. The van der Waals surface area contributed by atoms with E-state index in [2.05, 4.69) is 5.32 Å². The predicted molar refractivity (Wildman–Crippen MR) is 72.0 cm³/mol. The van der Waals surface area contributed by atoms with Crippen molar-refractivity contribution in [1.82, 2.24) is 0 Å². The van der Waals surface area contributed by atoms with E-state index >= 15 is 0 Å². The summed E-state index contributed by atoms with van der Waals surface area (Å²) >= 11 is 0. The average molecular weight is 269 g/mol. The van der Waals surface area contributed by atoms with Gasteiger partial charge in [0, 0.05) is 6.07 Å². The van der Waals surface area contributed by atoms with Crippen molar-refractivity contribution in [3.63, 3.8) is 0 Å². The van der Waals surface area contributed by atoms with Gasteiger partial charge in [-0.3, -0.25) is 4.79 Å². The van der Waals surface area contributed by atoms with Gasteiger partial charge in [-0.1, -0.05) is 18.2 Å². The van der Waals surface area contributed by atoms with Crippen molar-refractivity contribution in [3.8, 4) is 11.5 Å². The Morgan fingerprint density at radius 3 is 2.75 bits per heavy atom. The summed E-state index contributed by atoms with van der Waals surface area (Å²) in [5.41, 5.74) is 0.963.